The highest BCUT2D eigenvalue weighted by molar-refractivity contribution is 8.02. The number of nitrogens with zero attached hydrogens (tertiary/aromatic N) is 1. The first-order valence-corrected chi connectivity index (χ1v) is 4.44. The zero-order valence-electron chi connectivity index (χ0n) is 6.90. The maximum absolute atomic E-state index is 10.1. The number of thioether (sulfide) groups is 1. The molecule has 0 spiro atoms. The number of hydrogen-bond donors (Lipinski definition) is 1. The molecule has 1 atom stereocenters. The molecule has 1 N–H and O–H groups in total. The van der Waals surface area contributed by atoms with Crippen molar-refractivity contribution < 1.29 is 4.92 Å². The highest BCUT2D eigenvalue weighted by atomic mass is 32.2. The Morgan fingerprint density at radius 2 is 2.50 bits per heavy atom. The molecule has 5 heteroatoms. The van der Waals surface area contributed by atoms with E-state index < -0.39 is 4.92 Å². The van der Waals surface area contributed by atoms with Crippen molar-refractivity contribution >= 4 is 11.8 Å². The number of rotatable bonds is 4. The van der Waals surface area contributed by atoms with Crippen LogP contribution in [0.15, 0.2) is 11.2 Å². The SMILES string of the molecule is C#CC(C)N/C(=C/[N+](=O)[O-])SC. The number of terminal acetylenes is 1. The van der Waals surface area contributed by atoms with Gasteiger partial charge in [-0.15, -0.1) is 18.2 Å². The third-order valence-electron chi connectivity index (χ3n) is 1.05. The van der Waals surface area contributed by atoms with Crippen LogP contribution in [0.1, 0.15) is 6.92 Å². The molecular formula is C7H10N2O2S. The largest absolute Gasteiger partial charge is 0.362 e. The summed E-state index contributed by atoms with van der Waals surface area (Å²) in [5.41, 5.74) is 0. The molecule has 1 unspecified atom stereocenters. The minimum absolute atomic E-state index is 0.191. The van der Waals surface area contributed by atoms with Gasteiger partial charge in [0.25, 0.3) is 6.20 Å². The molecule has 66 valence electrons. The van der Waals surface area contributed by atoms with Crippen molar-refractivity contribution in [1.29, 1.82) is 0 Å². The molecule has 12 heavy (non-hydrogen) atoms. The quantitative estimate of drug-likeness (QED) is 0.405. The molecule has 0 aliphatic carbocycles. The van der Waals surface area contributed by atoms with Gasteiger partial charge in [0.15, 0.2) is 0 Å². The topological polar surface area (TPSA) is 55.2 Å². The van der Waals surface area contributed by atoms with E-state index in [0.717, 1.165) is 6.20 Å². The lowest BCUT2D eigenvalue weighted by atomic mass is 10.4. The summed E-state index contributed by atoms with van der Waals surface area (Å²) in [6, 6.07) is -0.191. The molecule has 0 bridgehead atoms. The number of nitrogens with one attached hydrogen (secondary N) is 1. The molecule has 0 saturated heterocycles. The van der Waals surface area contributed by atoms with E-state index in [2.05, 4.69) is 11.2 Å². The van der Waals surface area contributed by atoms with Crippen molar-refractivity contribution in [3.05, 3.63) is 21.3 Å². The predicted octanol–water partition coefficient (Wildman–Crippen LogP) is 1.04. The Balaban J connectivity index is 4.20. The zero-order chi connectivity index (χ0) is 9.56. The summed E-state index contributed by atoms with van der Waals surface area (Å²) >= 11 is 1.25. The standard InChI is InChI=1S/C7H10N2O2S/c1-4-6(2)8-7(12-3)5-9(10)11/h1,5-6,8H,2-3H3/b7-5-. The van der Waals surface area contributed by atoms with Crippen LogP contribution in [0.25, 0.3) is 0 Å². The molecule has 0 heterocycles. The molecule has 0 aromatic carbocycles. The van der Waals surface area contributed by atoms with E-state index in [4.69, 9.17) is 6.42 Å². The van der Waals surface area contributed by atoms with Crippen LogP contribution < -0.4 is 5.32 Å². The van der Waals surface area contributed by atoms with Gasteiger partial charge in [0.1, 0.15) is 5.03 Å². The van der Waals surface area contributed by atoms with Gasteiger partial charge >= 0.3 is 0 Å². The van der Waals surface area contributed by atoms with Gasteiger partial charge in [0.2, 0.25) is 0 Å². The summed E-state index contributed by atoms with van der Waals surface area (Å²) in [7, 11) is 0. The van der Waals surface area contributed by atoms with Crippen LogP contribution >= 0.6 is 11.8 Å². The van der Waals surface area contributed by atoms with Crippen LogP contribution in [0.2, 0.25) is 0 Å². The monoisotopic (exact) mass is 186 g/mol. The molecule has 0 fully saturated rings. The van der Waals surface area contributed by atoms with E-state index in [0.29, 0.717) is 5.03 Å². The minimum atomic E-state index is -0.512. The zero-order valence-corrected chi connectivity index (χ0v) is 7.72. The van der Waals surface area contributed by atoms with Crippen LogP contribution in [0.3, 0.4) is 0 Å². The Bertz CT molecular complexity index is 232. The third kappa shape index (κ3) is 4.63. The molecule has 0 radical (unpaired) electrons. The van der Waals surface area contributed by atoms with Gasteiger partial charge in [-0.3, -0.25) is 10.1 Å². The third-order valence-corrected chi connectivity index (χ3v) is 1.71. The van der Waals surface area contributed by atoms with Gasteiger partial charge in [-0.2, -0.15) is 0 Å². The summed E-state index contributed by atoms with van der Waals surface area (Å²) in [4.78, 5) is 9.55. The lowest BCUT2D eigenvalue weighted by Crippen LogP contribution is -2.22. The van der Waals surface area contributed by atoms with E-state index in [1.54, 1.807) is 13.2 Å². The Morgan fingerprint density at radius 3 is 2.83 bits per heavy atom. The fourth-order valence-electron chi connectivity index (χ4n) is 0.500. The van der Waals surface area contributed by atoms with Crippen molar-refractivity contribution in [3.63, 3.8) is 0 Å². The lowest BCUT2D eigenvalue weighted by Gasteiger charge is -2.07. The molecule has 0 aliphatic heterocycles. The maximum atomic E-state index is 10.1. The van der Waals surface area contributed by atoms with Gasteiger partial charge < -0.3 is 5.32 Å². The Labute approximate surface area is 75.6 Å². The fourth-order valence-corrected chi connectivity index (χ4v) is 0.986. The van der Waals surface area contributed by atoms with E-state index in [1.165, 1.54) is 11.8 Å². The first-order chi connectivity index (χ1) is 5.60. The van der Waals surface area contributed by atoms with Crippen molar-refractivity contribution in [1.82, 2.24) is 5.32 Å². The maximum Gasteiger partial charge on any atom is 0.263 e. The summed E-state index contributed by atoms with van der Waals surface area (Å²) in [6.45, 7) is 1.75. The van der Waals surface area contributed by atoms with E-state index in [1.807, 2.05) is 0 Å². The fraction of sp³-hybridized carbons (Fsp3) is 0.429. The molecule has 0 rings (SSSR count). The summed E-state index contributed by atoms with van der Waals surface area (Å²) in [6.07, 6.45) is 7.73. The number of nitro groups is 1. The molecule has 0 saturated carbocycles. The predicted molar refractivity (Wildman–Crippen MR) is 50.0 cm³/mol. The summed E-state index contributed by atoms with van der Waals surface area (Å²) in [5, 5.41) is 13.3. The highest BCUT2D eigenvalue weighted by Gasteiger charge is 2.03. The van der Waals surface area contributed by atoms with E-state index >= 15 is 0 Å². The average Bonchev–Trinajstić information content (AvgIpc) is 2.02. The summed E-state index contributed by atoms with van der Waals surface area (Å²) in [5.74, 6) is 2.42. The van der Waals surface area contributed by atoms with Gasteiger partial charge in [0, 0.05) is 0 Å². The van der Waals surface area contributed by atoms with Crippen LogP contribution in [-0.4, -0.2) is 17.2 Å². The first kappa shape index (κ1) is 10.8. The van der Waals surface area contributed by atoms with Gasteiger partial charge in [-0.25, -0.2) is 0 Å². The van der Waals surface area contributed by atoms with Gasteiger partial charge in [0.05, 0.1) is 11.0 Å². The second-order valence-electron chi connectivity index (χ2n) is 2.02. The van der Waals surface area contributed by atoms with Gasteiger partial charge in [-0.1, -0.05) is 5.92 Å². The second kappa shape index (κ2) is 5.49. The number of hydrogen-bond acceptors (Lipinski definition) is 4. The van der Waals surface area contributed by atoms with E-state index in [9.17, 15) is 10.1 Å². The molecule has 0 aromatic rings. The normalized spacial score (nSPS) is 13.2. The van der Waals surface area contributed by atoms with Crippen LogP contribution in [-0.2, 0) is 0 Å². The average molecular weight is 186 g/mol. The second-order valence-corrected chi connectivity index (χ2v) is 2.86. The lowest BCUT2D eigenvalue weighted by molar-refractivity contribution is -0.403. The van der Waals surface area contributed by atoms with Crippen LogP contribution in [0.4, 0.5) is 0 Å². The Hall–Kier alpha value is -1.15. The van der Waals surface area contributed by atoms with Crippen molar-refractivity contribution in [3.8, 4) is 12.3 Å². The molecule has 0 aromatic heterocycles. The van der Waals surface area contributed by atoms with Crippen LogP contribution in [0.5, 0.6) is 0 Å². The van der Waals surface area contributed by atoms with E-state index in [-0.39, 0.29) is 6.04 Å². The van der Waals surface area contributed by atoms with Crippen molar-refractivity contribution in [2.75, 3.05) is 6.26 Å². The molecule has 4 nitrogen and oxygen atoms in total. The van der Waals surface area contributed by atoms with Gasteiger partial charge in [-0.05, 0) is 13.2 Å². The molecule has 0 aliphatic rings. The first-order valence-electron chi connectivity index (χ1n) is 3.22. The highest BCUT2D eigenvalue weighted by Crippen LogP contribution is 2.07. The Morgan fingerprint density at radius 1 is 1.92 bits per heavy atom. The molecular weight excluding hydrogens is 176 g/mol. The van der Waals surface area contributed by atoms with Crippen molar-refractivity contribution in [2.24, 2.45) is 0 Å². The van der Waals surface area contributed by atoms with Crippen LogP contribution in [0, 0.1) is 22.5 Å². The summed E-state index contributed by atoms with van der Waals surface area (Å²) < 4.78 is 0. The minimum Gasteiger partial charge on any atom is -0.362 e. The molecule has 0 amide bonds. The smallest absolute Gasteiger partial charge is 0.263 e. The van der Waals surface area contributed by atoms with Crippen molar-refractivity contribution in [2.45, 2.75) is 13.0 Å². The Kier molecular flexibility index (Phi) is 4.97.